The van der Waals surface area contributed by atoms with Crippen molar-refractivity contribution in [2.45, 2.75) is 19.4 Å². The van der Waals surface area contributed by atoms with Crippen LogP contribution in [-0.4, -0.2) is 28.0 Å². The van der Waals surface area contributed by atoms with E-state index >= 15 is 0 Å². The van der Waals surface area contributed by atoms with E-state index in [1.165, 1.54) is 0 Å². The van der Waals surface area contributed by atoms with Gasteiger partial charge in [0.25, 0.3) is 0 Å². The molecule has 0 amide bonds. The van der Waals surface area contributed by atoms with Crippen LogP contribution in [0.15, 0.2) is 30.5 Å². The van der Waals surface area contributed by atoms with Gasteiger partial charge in [0, 0.05) is 13.0 Å². The summed E-state index contributed by atoms with van der Waals surface area (Å²) in [5, 5.41) is 8.25. The summed E-state index contributed by atoms with van der Waals surface area (Å²) in [7, 11) is 1.69. The third-order valence-corrected chi connectivity index (χ3v) is 2.86. The summed E-state index contributed by atoms with van der Waals surface area (Å²) in [4.78, 5) is 0. The molecule has 1 heterocycles. The molecule has 0 radical (unpaired) electrons. The minimum absolute atomic E-state index is 0.599. The summed E-state index contributed by atoms with van der Waals surface area (Å²) in [6.45, 7) is 0.599. The Kier molecular flexibility index (Phi) is 4.73. The zero-order chi connectivity index (χ0) is 12.8. The maximum absolute atomic E-state index is 5.66. The van der Waals surface area contributed by atoms with Crippen LogP contribution in [0.2, 0.25) is 0 Å². The molecule has 0 fully saturated rings. The van der Waals surface area contributed by atoms with E-state index in [1.807, 2.05) is 30.5 Å². The molecule has 0 spiro atoms. The van der Waals surface area contributed by atoms with Crippen molar-refractivity contribution in [3.63, 3.8) is 0 Å². The molecule has 0 saturated heterocycles. The molecule has 1 aromatic carbocycles. The van der Waals surface area contributed by atoms with Crippen molar-refractivity contribution in [3.8, 4) is 5.69 Å². The van der Waals surface area contributed by atoms with E-state index in [9.17, 15) is 0 Å². The van der Waals surface area contributed by atoms with Crippen LogP contribution in [0.1, 0.15) is 17.7 Å². The quantitative estimate of drug-likeness (QED) is 0.754. The SMILES string of the molecule is COCc1cccc(-n2cc(CCCCl)nn2)c1. The van der Waals surface area contributed by atoms with Gasteiger partial charge in [-0.05, 0) is 30.5 Å². The van der Waals surface area contributed by atoms with E-state index in [4.69, 9.17) is 16.3 Å². The molecule has 18 heavy (non-hydrogen) atoms. The van der Waals surface area contributed by atoms with Crippen LogP contribution in [0.4, 0.5) is 0 Å². The molecule has 96 valence electrons. The van der Waals surface area contributed by atoms with Crippen molar-refractivity contribution in [2.75, 3.05) is 13.0 Å². The molecular formula is C13H16ClN3O. The van der Waals surface area contributed by atoms with Gasteiger partial charge in [0.05, 0.1) is 24.2 Å². The first-order valence-corrected chi connectivity index (χ1v) is 6.42. The minimum Gasteiger partial charge on any atom is -0.380 e. The van der Waals surface area contributed by atoms with Gasteiger partial charge in [-0.15, -0.1) is 16.7 Å². The lowest BCUT2D eigenvalue weighted by atomic mass is 10.2. The first-order chi connectivity index (χ1) is 8.83. The van der Waals surface area contributed by atoms with Crippen molar-refractivity contribution >= 4 is 11.6 Å². The van der Waals surface area contributed by atoms with Gasteiger partial charge in [0.2, 0.25) is 0 Å². The van der Waals surface area contributed by atoms with Crippen molar-refractivity contribution in [3.05, 3.63) is 41.7 Å². The van der Waals surface area contributed by atoms with Crippen LogP contribution in [0, 0.1) is 0 Å². The number of hydrogen-bond donors (Lipinski definition) is 0. The Balaban J connectivity index is 2.15. The molecule has 1 aromatic heterocycles. The first-order valence-electron chi connectivity index (χ1n) is 5.89. The molecule has 0 N–H and O–H groups in total. The Morgan fingerprint density at radius 3 is 3.06 bits per heavy atom. The van der Waals surface area contributed by atoms with E-state index in [0.717, 1.165) is 29.8 Å². The zero-order valence-corrected chi connectivity index (χ0v) is 11.1. The topological polar surface area (TPSA) is 39.9 Å². The first kappa shape index (κ1) is 13.1. The van der Waals surface area contributed by atoms with E-state index in [1.54, 1.807) is 11.8 Å². The van der Waals surface area contributed by atoms with Crippen molar-refractivity contribution in [2.24, 2.45) is 0 Å². The number of nitrogens with zero attached hydrogens (tertiary/aromatic N) is 3. The number of rotatable bonds is 6. The van der Waals surface area contributed by atoms with Gasteiger partial charge >= 0.3 is 0 Å². The van der Waals surface area contributed by atoms with Gasteiger partial charge in [-0.1, -0.05) is 17.3 Å². The lowest BCUT2D eigenvalue weighted by Gasteiger charge is -2.03. The van der Waals surface area contributed by atoms with Crippen LogP contribution < -0.4 is 0 Å². The summed E-state index contributed by atoms with van der Waals surface area (Å²) in [6.07, 6.45) is 3.73. The highest BCUT2D eigenvalue weighted by Gasteiger charge is 2.03. The third-order valence-electron chi connectivity index (χ3n) is 2.59. The number of methoxy groups -OCH3 is 1. The number of alkyl halides is 1. The van der Waals surface area contributed by atoms with Gasteiger partial charge in [-0.3, -0.25) is 0 Å². The maximum Gasteiger partial charge on any atom is 0.0832 e. The predicted octanol–water partition coefficient (Wildman–Crippen LogP) is 2.59. The second-order valence-electron chi connectivity index (χ2n) is 4.05. The fraction of sp³-hybridized carbons (Fsp3) is 0.385. The third kappa shape index (κ3) is 3.31. The number of aromatic nitrogens is 3. The minimum atomic E-state index is 0.599. The Morgan fingerprint density at radius 2 is 2.28 bits per heavy atom. The average Bonchev–Trinajstić information content (AvgIpc) is 2.86. The fourth-order valence-electron chi connectivity index (χ4n) is 1.74. The van der Waals surface area contributed by atoms with Gasteiger partial charge in [0.15, 0.2) is 0 Å². The summed E-state index contributed by atoms with van der Waals surface area (Å²) in [5.41, 5.74) is 3.08. The predicted molar refractivity (Wildman–Crippen MR) is 71.1 cm³/mol. The number of hydrogen-bond acceptors (Lipinski definition) is 3. The molecule has 2 aromatic rings. The highest BCUT2D eigenvalue weighted by molar-refractivity contribution is 6.17. The van der Waals surface area contributed by atoms with Crippen LogP contribution >= 0.6 is 11.6 Å². The fourth-order valence-corrected chi connectivity index (χ4v) is 1.88. The zero-order valence-electron chi connectivity index (χ0n) is 10.3. The summed E-state index contributed by atoms with van der Waals surface area (Å²) in [6, 6.07) is 8.06. The Bertz CT molecular complexity index is 498. The lowest BCUT2D eigenvalue weighted by molar-refractivity contribution is 0.185. The molecule has 5 heteroatoms. The molecule has 0 bridgehead atoms. The molecule has 4 nitrogen and oxygen atoms in total. The van der Waals surface area contributed by atoms with Crippen molar-refractivity contribution in [1.82, 2.24) is 15.0 Å². The van der Waals surface area contributed by atoms with E-state index in [0.29, 0.717) is 12.5 Å². The summed E-state index contributed by atoms with van der Waals surface area (Å²) < 4.78 is 6.90. The maximum atomic E-state index is 5.66. The lowest BCUT2D eigenvalue weighted by Crippen LogP contribution is -1.96. The molecule has 0 aliphatic rings. The molecule has 0 saturated carbocycles. The Labute approximate surface area is 112 Å². The average molecular weight is 266 g/mol. The molecular weight excluding hydrogens is 250 g/mol. The largest absolute Gasteiger partial charge is 0.380 e. The second-order valence-corrected chi connectivity index (χ2v) is 4.43. The highest BCUT2D eigenvalue weighted by atomic mass is 35.5. The monoisotopic (exact) mass is 265 g/mol. The van der Waals surface area contributed by atoms with Gasteiger partial charge in [0.1, 0.15) is 0 Å². The Hall–Kier alpha value is -1.39. The van der Waals surface area contributed by atoms with Gasteiger partial charge < -0.3 is 4.74 Å². The van der Waals surface area contributed by atoms with Crippen molar-refractivity contribution < 1.29 is 4.74 Å². The molecule has 2 rings (SSSR count). The standard InChI is InChI=1S/C13H16ClN3O/c1-18-10-11-4-2-6-13(8-11)17-9-12(15-16-17)5-3-7-14/h2,4,6,8-9H,3,5,7,10H2,1H3. The summed E-state index contributed by atoms with van der Waals surface area (Å²) >= 11 is 5.66. The van der Waals surface area contributed by atoms with E-state index < -0.39 is 0 Å². The molecule has 0 aliphatic heterocycles. The van der Waals surface area contributed by atoms with Crippen LogP contribution in [-0.2, 0) is 17.8 Å². The highest BCUT2D eigenvalue weighted by Crippen LogP contribution is 2.11. The second kappa shape index (κ2) is 6.52. The van der Waals surface area contributed by atoms with E-state index in [-0.39, 0.29) is 0 Å². The van der Waals surface area contributed by atoms with Gasteiger partial charge in [-0.2, -0.15) is 0 Å². The van der Waals surface area contributed by atoms with Crippen molar-refractivity contribution in [1.29, 1.82) is 0 Å². The summed E-state index contributed by atoms with van der Waals surface area (Å²) in [5.74, 6) is 0.649. The normalized spacial score (nSPS) is 10.8. The molecule has 0 aliphatic carbocycles. The number of halogens is 1. The Morgan fingerprint density at radius 1 is 1.39 bits per heavy atom. The van der Waals surface area contributed by atoms with E-state index in [2.05, 4.69) is 10.3 Å². The number of benzene rings is 1. The molecule has 0 unspecified atom stereocenters. The number of aryl methyl sites for hydroxylation is 1. The van der Waals surface area contributed by atoms with Crippen LogP contribution in [0.25, 0.3) is 5.69 Å². The number of ether oxygens (including phenoxy) is 1. The van der Waals surface area contributed by atoms with Crippen LogP contribution in [0.5, 0.6) is 0 Å². The van der Waals surface area contributed by atoms with Gasteiger partial charge in [-0.25, -0.2) is 4.68 Å². The van der Waals surface area contributed by atoms with Crippen LogP contribution in [0.3, 0.4) is 0 Å². The molecule has 0 atom stereocenters. The smallest absolute Gasteiger partial charge is 0.0832 e.